The minimum absolute atomic E-state index is 0.115. The van der Waals surface area contributed by atoms with E-state index in [2.05, 4.69) is 0 Å². The number of hydrogen-bond donors (Lipinski definition) is 1. The zero-order valence-electron chi connectivity index (χ0n) is 12.6. The number of carbonyl (C=O) groups excluding carboxylic acids is 1. The lowest BCUT2D eigenvalue weighted by atomic mass is 10.2. The maximum Gasteiger partial charge on any atom is 0.236 e. The molecule has 0 aromatic heterocycles. The molecule has 1 aromatic carbocycles. The van der Waals surface area contributed by atoms with Crippen molar-refractivity contribution in [3.8, 4) is 5.75 Å². The molecule has 0 aliphatic carbocycles. The van der Waals surface area contributed by atoms with Crippen LogP contribution < -0.4 is 10.5 Å². The van der Waals surface area contributed by atoms with Crippen LogP contribution >= 0.6 is 0 Å². The van der Waals surface area contributed by atoms with Gasteiger partial charge in [-0.25, -0.2) is 0 Å². The summed E-state index contributed by atoms with van der Waals surface area (Å²) in [5.41, 5.74) is 6.58. The predicted octanol–water partition coefficient (Wildman–Crippen LogP) is 0.934. The molecule has 0 radical (unpaired) electrons. The number of likely N-dealkylation sites (N-methyl/N-ethyl adjacent to an activating group) is 2. The molecule has 112 valence electrons. The van der Waals surface area contributed by atoms with E-state index in [9.17, 15) is 4.79 Å². The summed E-state index contributed by atoms with van der Waals surface area (Å²) in [4.78, 5) is 15.7. The summed E-state index contributed by atoms with van der Waals surface area (Å²) in [6, 6.07) is 7.88. The van der Waals surface area contributed by atoms with Crippen molar-refractivity contribution in [2.75, 3.05) is 40.8 Å². The second-order valence-electron chi connectivity index (χ2n) is 4.98. The van der Waals surface area contributed by atoms with Gasteiger partial charge in [-0.05, 0) is 37.7 Å². The van der Waals surface area contributed by atoms with Gasteiger partial charge < -0.3 is 15.4 Å². The number of benzene rings is 1. The molecule has 0 saturated heterocycles. The van der Waals surface area contributed by atoms with Gasteiger partial charge in [-0.15, -0.1) is 0 Å². The molecule has 20 heavy (non-hydrogen) atoms. The fourth-order valence-electron chi connectivity index (χ4n) is 1.94. The second kappa shape index (κ2) is 8.55. The number of nitrogens with zero attached hydrogens (tertiary/aromatic N) is 2. The fourth-order valence-corrected chi connectivity index (χ4v) is 1.94. The highest BCUT2D eigenvalue weighted by molar-refractivity contribution is 5.77. The Morgan fingerprint density at radius 3 is 2.75 bits per heavy atom. The van der Waals surface area contributed by atoms with E-state index in [0.717, 1.165) is 17.7 Å². The number of amides is 1. The predicted molar refractivity (Wildman–Crippen MR) is 80.6 cm³/mol. The third-order valence-electron chi connectivity index (χ3n) is 3.12. The van der Waals surface area contributed by atoms with Gasteiger partial charge in [-0.3, -0.25) is 9.69 Å². The quantitative estimate of drug-likeness (QED) is 0.769. The van der Waals surface area contributed by atoms with Crippen LogP contribution in [0.3, 0.4) is 0 Å². The summed E-state index contributed by atoms with van der Waals surface area (Å²) in [6.07, 6.45) is 0.835. The van der Waals surface area contributed by atoms with Crippen molar-refractivity contribution in [1.82, 2.24) is 9.80 Å². The van der Waals surface area contributed by atoms with Crippen molar-refractivity contribution in [2.24, 2.45) is 5.73 Å². The van der Waals surface area contributed by atoms with Crippen molar-refractivity contribution in [3.05, 3.63) is 29.8 Å². The van der Waals surface area contributed by atoms with E-state index in [0.29, 0.717) is 26.2 Å². The number of rotatable bonds is 8. The first-order valence-electron chi connectivity index (χ1n) is 6.82. The highest BCUT2D eigenvalue weighted by Crippen LogP contribution is 2.13. The molecule has 5 nitrogen and oxygen atoms in total. The highest BCUT2D eigenvalue weighted by atomic mass is 16.5. The van der Waals surface area contributed by atoms with E-state index >= 15 is 0 Å². The first kappa shape index (κ1) is 16.5. The molecule has 2 N–H and O–H groups in total. The molecule has 0 aliphatic rings. The third kappa shape index (κ3) is 5.59. The first-order chi connectivity index (χ1) is 9.56. The van der Waals surface area contributed by atoms with E-state index in [1.165, 1.54) is 0 Å². The molecule has 0 spiro atoms. The molecule has 5 heteroatoms. The van der Waals surface area contributed by atoms with E-state index in [4.69, 9.17) is 10.5 Å². The first-order valence-corrected chi connectivity index (χ1v) is 6.82. The van der Waals surface area contributed by atoms with Crippen molar-refractivity contribution < 1.29 is 9.53 Å². The topological polar surface area (TPSA) is 58.8 Å². The Hall–Kier alpha value is -1.59. The van der Waals surface area contributed by atoms with Crippen LogP contribution in [0.15, 0.2) is 24.3 Å². The molecule has 1 rings (SSSR count). The largest absolute Gasteiger partial charge is 0.497 e. The average Bonchev–Trinajstić information content (AvgIpc) is 2.44. The van der Waals surface area contributed by atoms with Crippen molar-refractivity contribution in [2.45, 2.75) is 13.0 Å². The normalized spacial score (nSPS) is 10.7. The second-order valence-corrected chi connectivity index (χ2v) is 4.98. The van der Waals surface area contributed by atoms with Crippen LogP contribution in [0.1, 0.15) is 12.0 Å². The van der Waals surface area contributed by atoms with Crippen molar-refractivity contribution in [3.63, 3.8) is 0 Å². The van der Waals surface area contributed by atoms with Crippen LogP contribution in [-0.4, -0.2) is 56.5 Å². The highest BCUT2D eigenvalue weighted by Gasteiger charge is 2.11. The van der Waals surface area contributed by atoms with Crippen LogP contribution in [-0.2, 0) is 11.3 Å². The zero-order chi connectivity index (χ0) is 15.0. The van der Waals surface area contributed by atoms with Crippen LogP contribution in [0.2, 0.25) is 0 Å². The van der Waals surface area contributed by atoms with E-state index in [-0.39, 0.29) is 5.91 Å². The molecule has 0 bridgehead atoms. The average molecular weight is 279 g/mol. The van der Waals surface area contributed by atoms with Crippen LogP contribution in [0.4, 0.5) is 0 Å². The lowest BCUT2D eigenvalue weighted by Crippen LogP contribution is -2.37. The summed E-state index contributed by atoms with van der Waals surface area (Å²) in [5, 5.41) is 0. The molecular formula is C15H25N3O2. The molecule has 0 saturated carbocycles. The Balaban J connectivity index is 2.46. The number of nitrogens with two attached hydrogens (primary N) is 1. The van der Waals surface area contributed by atoms with Gasteiger partial charge in [0.2, 0.25) is 5.91 Å². The summed E-state index contributed by atoms with van der Waals surface area (Å²) in [7, 11) is 5.41. The molecule has 0 atom stereocenters. The Morgan fingerprint density at radius 2 is 2.10 bits per heavy atom. The lowest BCUT2D eigenvalue weighted by Gasteiger charge is -2.22. The van der Waals surface area contributed by atoms with Crippen molar-refractivity contribution >= 4 is 5.91 Å². The monoisotopic (exact) mass is 279 g/mol. The molecular weight excluding hydrogens is 254 g/mol. The summed E-state index contributed by atoms with van der Waals surface area (Å²) < 4.78 is 5.19. The zero-order valence-corrected chi connectivity index (χ0v) is 12.6. The Kier molecular flexibility index (Phi) is 7.04. The third-order valence-corrected chi connectivity index (χ3v) is 3.12. The van der Waals surface area contributed by atoms with Crippen LogP contribution in [0, 0.1) is 0 Å². The maximum atomic E-state index is 12.0. The van der Waals surface area contributed by atoms with Gasteiger partial charge in [0.1, 0.15) is 5.75 Å². The standard InChI is InChI=1S/C15H25N3O2/c1-17(12-15(19)18(2)9-5-8-16)11-13-6-4-7-14(10-13)20-3/h4,6-7,10H,5,8-9,11-12,16H2,1-3H3. The molecule has 0 fully saturated rings. The lowest BCUT2D eigenvalue weighted by molar-refractivity contribution is -0.130. The maximum absolute atomic E-state index is 12.0. The summed E-state index contributed by atoms with van der Waals surface area (Å²) in [5.74, 6) is 0.950. The van der Waals surface area contributed by atoms with Crippen molar-refractivity contribution in [1.29, 1.82) is 0 Å². The number of methoxy groups -OCH3 is 1. The minimum atomic E-state index is 0.115. The molecule has 0 unspecified atom stereocenters. The minimum Gasteiger partial charge on any atom is -0.497 e. The van der Waals surface area contributed by atoms with E-state index in [1.54, 1.807) is 12.0 Å². The SMILES string of the molecule is COc1cccc(CN(C)CC(=O)N(C)CCCN)c1. The Morgan fingerprint density at radius 1 is 1.35 bits per heavy atom. The van der Waals surface area contributed by atoms with Crippen LogP contribution in [0.25, 0.3) is 0 Å². The van der Waals surface area contributed by atoms with Gasteiger partial charge in [0.05, 0.1) is 13.7 Å². The summed E-state index contributed by atoms with van der Waals surface area (Å²) >= 11 is 0. The smallest absolute Gasteiger partial charge is 0.236 e. The fraction of sp³-hybridized carbons (Fsp3) is 0.533. The van der Waals surface area contributed by atoms with Gasteiger partial charge in [0.15, 0.2) is 0 Å². The number of carbonyl (C=O) groups is 1. The Bertz CT molecular complexity index is 423. The molecule has 1 aromatic rings. The van der Waals surface area contributed by atoms with Gasteiger partial charge in [-0.2, -0.15) is 0 Å². The molecule has 0 heterocycles. The van der Waals surface area contributed by atoms with Crippen LogP contribution in [0.5, 0.6) is 5.75 Å². The van der Waals surface area contributed by atoms with Gasteiger partial charge in [0.25, 0.3) is 0 Å². The number of ether oxygens (including phenoxy) is 1. The van der Waals surface area contributed by atoms with E-state index in [1.807, 2.05) is 43.3 Å². The number of hydrogen-bond acceptors (Lipinski definition) is 4. The van der Waals surface area contributed by atoms with Gasteiger partial charge in [-0.1, -0.05) is 12.1 Å². The Labute approximate surface area is 121 Å². The van der Waals surface area contributed by atoms with Gasteiger partial charge in [0, 0.05) is 20.1 Å². The molecule has 0 aliphatic heterocycles. The summed E-state index contributed by atoms with van der Waals surface area (Å²) in [6.45, 7) is 2.44. The van der Waals surface area contributed by atoms with Gasteiger partial charge >= 0.3 is 0 Å². The molecule has 1 amide bonds. The van der Waals surface area contributed by atoms with E-state index < -0.39 is 0 Å².